The third kappa shape index (κ3) is 3.09. The summed E-state index contributed by atoms with van der Waals surface area (Å²) in [5, 5.41) is 8.85. The molecule has 0 atom stereocenters. The lowest BCUT2D eigenvalue weighted by Crippen LogP contribution is -2.13. The van der Waals surface area contributed by atoms with Gasteiger partial charge in [0.25, 0.3) is 0 Å². The molecule has 1 rings (SSSR count). The predicted octanol–water partition coefficient (Wildman–Crippen LogP) is 2.79. The summed E-state index contributed by atoms with van der Waals surface area (Å²) < 4.78 is 0.263. The Labute approximate surface area is 93.4 Å². The third-order valence-corrected chi connectivity index (χ3v) is 3.04. The fourth-order valence-corrected chi connectivity index (χ4v) is 2.33. The van der Waals surface area contributed by atoms with E-state index in [1.54, 1.807) is 12.4 Å². The first-order valence-corrected chi connectivity index (χ1v) is 5.32. The van der Waals surface area contributed by atoms with E-state index in [-0.39, 0.29) is 0 Å². The van der Waals surface area contributed by atoms with E-state index in [2.05, 4.69) is 11.1 Å². The highest BCUT2D eigenvalue weighted by atomic mass is 32.2. The van der Waals surface area contributed by atoms with Crippen molar-refractivity contribution >= 4 is 28.2 Å². The van der Waals surface area contributed by atoms with Gasteiger partial charge in [0.15, 0.2) is 0 Å². The topological polar surface area (TPSA) is 36.7 Å². The molecule has 0 bridgehead atoms. The Kier molecular flexibility index (Phi) is 3.62. The van der Waals surface area contributed by atoms with Crippen LogP contribution in [0.1, 0.15) is 19.4 Å². The summed E-state index contributed by atoms with van der Waals surface area (Å²) in [5.41, 5.74) is 0.948. The summed E-state index contributed by atoms with van der Waals surface area (Å²) >= 11 is 6.62. The molecule has 14 heavy (non-hydrogen) atoms. The predicted molar refractivity (Wildman–Crippen MR) is 63.2 cm³/mol. The third-order valence-electron chi connectivity index (χ3n) is 1.53. The summed E-state index contributed by atoms with van der Waals surface area (Å²) in [4.78, 5) is 3.91. The molecule has 0 aliphatic rings. The molecule has 1 aromatic heterocycles. The van der Waals surface area contributed by atoms with Gasteiger partial charge in [-0.2, -0.15) is 5.26 Å². The fraction of sp³-hybridized carbons (Fsp3) is 0.300. The van der Waals surface area contributed by atoms with Crippen molar-refractivity contribution in [2.24, 2.45) is 0 Å². The monoisotopic (exact) mass is 222 g/mol. The molecule has 0 aromatic carbocycles. The van der Waals surface area contributed by atoms with Crippen LogP contribution in [-0.2, 0) is 0 Å². The second-order valence-corrected chi connectivity index (χ2v) is 5.55. The van der Waals surface area contributed by atoms with Crippen molar-refractivity contribution in [3.63, 3.8) is 0 Å². The van der Waals surface area contributed by atoms with Gasteiger partial charge in [0, 0.05) is 18.0 Å². The van der Waals surface area contributed by atoms with Gasteiger partial charge < -0.3 is 0 Å². The molecule has 72 valence electrons. The minimum absolute atomic E-state index is 0.472. The lowest BCUT2D eigenvalue weighted by atomic mass is 10.2. The standard InChI is InChI=1S/C10H10N2S2/c1-10(2,7-11)14-9(13)8-3-5-12-6-4-8/h3-6H,1-2H3. The molecule has 1 heterocycles. The molecule has 2 nitrogen and oxygen atoms in total. The zero-order valence-electron chi connectivity index (χ0n) is 8.02. The lowest BCUT2D eigenvalue weighted by molar-refractivity contribution is 0.921. The Balaban J connectivity index is 2.75. The molecule has 0 fully saturated rings. The Morgan fingerprint density at radius 1 is 1.50 bits per heavy atom. The minimum atomic E-state index is -0.472. The SMILES string of the molecule is CC(C)(C#N)SC(=S)c1ccncc1. The molecule has 0 N–H and O–H groups in total. The quantitative estimate of drug-likeness (QED) is 0.721. The van der Waals surface area contributed by atoms with E-state index in [0.717, 1.165) is 9.76 Å². The van der Waals surface area contributed by atoms with Crippen molar-refractivity contribution in [1.29, 1.82) is 5.26 Å². The van der Waals surface area contributed by atoms with E-state index in [4.69, 9.17) is 17.5 Å². The van der Waals surface area contributed by atoms with Crippen molar-refractivity contribution in [3.8, 4) is 6.07 Å². The van der Waals surface area contributed by atoms with Gasteiger partial charge in [-0.1, -0.05) is 24.0 Å². The van der Waals surface area contributed by atoms with Crippen LogP contribution in [0.5, 0.6) is 0 Å². The van der Waals surface area contributed by atoms with Crippen LogP contribution in [0.2, 0.25) is 0 Å². The van der Waals surface area contributed by atoms with E-state index in [9.17, 15) is 0 Å². The molecule has 0 aliphatic heterocycles. The fourth-order valence-electron chi connectivity index (χ4n) is 0.801. The van der Waals surface area contributed by atoms with Gasteiger partial charge in [0.1, 0.15) is 4.75 Å². The van der Waals surface area contributed by atoms with Crippen LogP contribution in [0, 0.1) is 11.3 Å². The number of rotatable bonds is 2. The first-order chi connectivity index (χ1) is 6.55. The molecule has 0 amide bonds. The highest BCUT2D eigenvalue weighted by molar-refractivity contribution is 8.24. The molecule has 1 aromatic rings. The Bertz CT molecular complexity index is 365. The van der Waals surface area contributed by atoms with Crippen LogP contribution in [0.4, 0.5) is 0 Å². The van der Waals surface area contributed by atoms with Crippen LogP contribution in [-0.4, -0.2) is 13.9 Å². The van der Waals surface area contributed by atoms with Gasteiger partial charge in [0.2, 0.25) is 0 Å². The van der Waals surface area contributed by atoms with Gasteiger partial charge in [-0.25, -0.2) is 0 Å². The number of thiocarbonyl (C=S) groups is 1. The van der Waals surface area contributed by atoms with E-state index in [0.29, 0.717) is 0 Å². The number of hydrogen-bond donors (Lipinski definition) is 0. The van der Waals surface area contributed by atoms with Crippen molar-refractivity contribution in [1.82, 2.24) is 4.98 Å². The molecule has 0 saturated carbocycles. The van der Waals surface area contributed by atoms with Crippen LogP contribution >= 0.6 is 24.0 Å². The van der Waals surface area contributed by atoms with E-state index >= 15 is 0 Å². The smallest absolute Gasteiger partial charge is 0.102 e. The summed E-state index contributed by atoms with van der Waals surface area (Å²) in [7, 11) is 0. The molecular formula is C10H10N2S2. The number of aromatic nitrogens is 1. The zero-order chi connectivity index (χ0) is 10.6. The van der Waals surface area contributed by atoms with E-state index in [1.165, 1.54) is 11.8 Å². The number of nitriles is 1. The molecular weight excluding hydrogens is 212 g/mol. The molecule has 4 heteroatoms. The van der Waals surface area contributed by atoms with Crippen LogP contribution in [0.15, 0.2) is 24.5 Å². The summed E-state index contributed by atoms with van der Waals surface area (Å²) in [6.07, 6.45) is 3.39. The van der Waals surface area contributed by atoms with Gasteiger partial charge in [0.05, 0.1) is 10.3 Å². The van der Waals surface area contributed by atoms with Crippen molar-refractivity contribution in [2.75, 3.05) is 0 Å². The minimum Gasteiger partial charge on any atom is -0.265 e. The summed E-state index contributed by atoms with van der Waals surface area (Å²) in [6, 6.07) is 5.90. The normalized spacial score (nSPS) is 10.6. The Morgan fingerprint density at radius 2 is 2.07 bits per heavy atom. The molecule has 0 unspecified atom stereocenters. The maximum atomic E-state index is 8.85. The van der Waals surface area contributed by atoms with Gasteiger partial charge >= 0.3 is 0 Å². The maximum Gasteiger partial charge on any atom is 0.102 e. The average Bonchev–Trinajstić information content (AvgIpc) is 2.19. The lowest BCUT2D eigenvalue weighted by Gasteiger charge is -2.14. The highest BCUT2D eigenvalue weighted by Crippen LogP contribution is 2.27. The first-order valence-electron chi connectivity index (χ1n) is 4.10. The second-order valence-electron chi connectivity index (χ2n) is 3.25. The highest BCUT2D eigenvalue weighted by Gasteiger charge is 2.20. The van der Waals surface area contributed by atoms with Crippen molar-refractivity contribution < 1.29 is 0 Å². The largest absolute Gasteiger partial charge is 0.265 e. The average molecular weight is 222 g/mol. The number of nitrogens with zero attached hydrogens (tertiary/aromatic N) is 2. The first kappa shape index (κ1) is 11.2. The van der Waals surface area contributed by atoms with E-state index < -0.39 is 4.75 Å². The van der Waals surface area contributed by atoms with Gasteiger partial charge in [-0.15, -0.1) is 0 Å². The molecule has 0 saturated heterocycles. The van der Waals surface area contributed by atoms with Crippen molar-refractivity contribution in [3.05, 3.63) is 30.1 Å². The molecule has 0 radical (unpaired) electrons. The van der Waals surface area contributed by atoms with Crippen LogP contribution in [0.3, 0.4) is 0 Å². The maximum absolute atomic E-state index is 8.85. The molecule has 0 aliphatic carbocycles. The van der Waals surface area contributed by atoms with Crippen LogP contribution < -0.4 is 0 Å². The number of pyridine rings is 1. The Morgan fingerprint density at radius 3 is 2.57 bits per heavy atom. The van der Waals surface area contributed by atoms with Gasteiger partial charge in [-0.3, -0.25) is 4.98 Å². The number of thioether (sulfide) groups is 1. The van der Waals surface area contributed by atoms with E-state index in [1.807, 2.05) is 26.0 Å². The summed E-state index contributed by atoms with van der Waals surface area (Å²) in [5.74, 6) is 0. The molecule has 0 spiro atoms. The van der Waals surface area contributed by atoms with Crippen LogP contribution in [0.25, 0.3) is 0 Å². The van der Waals surface area contributed by atoms with Crippen molar-refractivity contribution in [2.45, 2.75) is 18.6 Å². The Hall–Kier alpha value is -0.920. The second kappa shape index (κ2) is 4.54. The summed E-state index contributed by atoms with van der Waals surface area (Å²) in [6.45, 7) is 3.70. The van der Waals surface area contributed by atoms with Gasteiger partial charge in [-0.05, 0) is 26.0 Å². The zero-order valence-corrected chi connectivity index (χ0v) is 9.65. The number of hydrogen-bond acceptors (Lipinski definition) is 4.